The van der Waals surface area contributed by atoms with Crippen molar-refractivity contribution >= 4 is 101 Å². The van der Waals surface area contributed by atoms with Crippen molar-refractivity contribution in [3.63, 3.8) is 0 Å². The normalized spacial score (nSPS) is 13.1. The summed E-state index contributed by atoms with van der Waals surface area (Å²) < 4.78 is 50.2. The third-order valence-electron chi connectivity index (χ3n) is 22.1. The van der Waals surface area contributed by atoms with Gasteiger partial charge in [0, 0.05) is 24.8 Å². The number of ether oxygens (including phenoxy) is 10. The molecule has 8 N–H and O–H groups in total. The summed E-state index contributed by atoms with van der Waals surface area (Å²) in [7, 11) is 0. The van der Waals surface area contributed by atoms with Crippen LogP contribution >= 0.6 is 0 Å². The minimum absolute atomic E-state index is 0.00153. The molecule has 4 unspecified atom stereocenters. The first-order valence-corrected chi connectivity index (χ1v) is 46.5. The van der Waals surface area contributed by atoms with Gasteiger partial charge in [-0.1, -0.05) is 146 Å². The van der Waals surface area contributed by atoms with Crippen LogP contribution in [0.2, 0.25) is 0 Å². The Hall–Kier alpha value is -10.8. The van der Waals surface area contributed by atoms with Gasteiger partial charge in [0.1, 0.15) is 52.0 Å². The van der Waals surface area contributed by atoms with E-state index in [0.29, 0.717) is 76.9 Å². The second-order valence-electron chi connectivity index (χ2n) is 35.1. The van der Waals surface area contributed by atoms with Crippen LogP contribution in [-0.2, 0) is 110 Å². The maximum absolute atomic E-state index is 12.0. The number of carboxylic acids is 7. The van der Waals surface area contributed by atoms with E-state index in [0.717, 1.165) is 90.0 Å². The van der Waals surface area contributed by atoms with Gasteiger partial charge in [-0.15, -0.1) is 0 Å². The molecule has 0 radical (unpaired) electrons. The highest BCUT2D eigenvalue weighted by Gasteiger charge is 2.38. The van der Waals surface area contributed by atoms with Gasteiger partial charge in [0.15, 0.2) is 0 Å². The number of carboxylic acid groups (broad SMARTS) is 7. The van der Waals surface area contributed by atoms with Crippen LogP contribution in [0.15, 0.2) is 48.5 Å². The molecule has 0 heterocycles. The molecule has 3 rings (SSSR count). The van der Waals surface area contributed by atoms with E-state index < -0.39 is 93.2 Å². The standard InChI is InChI=1S/C18H35NO3.C17H24O5.C16H26O6.C16H20O6.C11H18O6.C11H20O4.C9H16O4/c1-4-18(2,3)17(22)19-15-13-11-9-7-5-6-8-10-12-14-16(20)21;1-4-17(2,3)16(20)22-12-6-5-11-21-14-9-7-13(8-10-14)15(18)19;2*1-4-16(2,3)15(20)22-10-9-21-14(19)12-8-6-5-7-11(12)13(17)18;1-3-8(2)11(15)17-7-6-16-10(14)5-4-9(12)13;1-3-9(2)11(14)15-8-6-4-5-7-10(12)13;1-4-9(2,3)8(12)13-6-5-7(10)11/h4-15H2,1-3H3,(H,19,22)(H,20,21);7-10H,4-6,11-12H2,1-3H3,(H,18,19);11-12H,4-10H2,1-3H3,(H,17,18);5-8H,4,9-10H2,1-3H3,(H,17,18);8H,3-7H2,1-2H3,(H,12,13);9H,3-8H2,1-2H3,(H,12,13);4-6H2,1-3H3,(H,10,11). The second-order valence-corrected chi connectivity index (χ2v) is 35.1. The highest BCUT2D eigenvalue weighted by Crippen LogP contribution is 2.32. The summed E-state index contributed by atoms with van der Waals surface area (Å²) in [6, 6.07) is 12.0. The van der Waals surface area contributed by atoms with Crippen molar-refractivity contribution < 1.29 is 165 Å². The predicted octanol–water partition coefficient (Wildman–Crippen LogP) is 17.6. The van der Waals surface area contributed by atoms with E-state index in [2.05, 4.69) is 10.1 Å². The lowest BCUT2D eigenvalue weighted by Gasteiger charge is -2.26. The zero-order chi connectivity index (χ0) is 102. The molecule has 35 heteroatoms. The molecule has 1 aliphatic rings. The van der Waals surface area contributed by atoms with Crippen LogP contribution in [0.4, 0.5) is 0 Å². The summed E-state index contributed by atoms with van der Waals surface area (Å²) in [5, 5.41) is 63.5. The van der Waals surface area contributed by atoms with Crippen LogP contribution < -0.4 is 10.1 Å². The first-order valence-electron chi connectivity index (χ1n) is 46.5. The van der Waals surface area contributed by atoms with Crippen molar-refractivity contribution in [2.75, 3.05) is 72.6 Å². The number of aliphatic carboxylic acids is 5. The molecule has 35 nitrogen and oxygen atoms in total. The number of hydrogen-bond donors (Lipinski definition) is 8. The molecular weight excluding hydrogens is 1740 g/mol. The minimum atomic E-state index is -1.20. The van der Waals surface area contributed by atoms with Crippen LogP contribution in [0, 0.1) is 50.7 Å². The summed E-state index contributed by atoms with van der Waals surface area (Å²) in [5.74, 6) is -10.8. The van der Waals surface area contributed by atoms with Crippen molar-refractivity contribution in [3.05, 3.63) is 65.2 Å². The van der Waals surface area contributed by atoms with Gasteiger partial charge in [0.05, 0.1) is 101 Å². The molecule has 0 aromatic heterocycles. The molecule has 1 aliphatic carbocycles. The molecule has 760 valence electrons. The first kappa shape index (κ1) is 129. The molecule has 1 saturated carbocycles. The van der Waals surface area contributed by atoms with Gasteiger partial charge in [-0.2, -0.15) is 0 Å². The number of carbonyl (C=O) groups excluding carboxylic acids is 10. The predicted molar refractivity (Wildman–Crippen MR) is 494 cm³/mol. The number of hydrogen-bond acceptors (Lipinski definition) is 27. The van der Waals surface area contributed by atoms with E-state index in [1.807, 2.05) is 83.1 Å². The van der Waals surface area contributed by atoms with Gasteiger partial charge < -0.3 is 88.4 Å². The fourth-order valence-corrected chi connectivity index (χ4v) is 10.3. The topological polar surface area (TPSA) is 536 Å². The van der Waals surface area contributed by atoms with E-state index in [9.17, 15) is 81.5 Å². The molecule has 4 atom stereocenters. The number of esters is 9. The van der Waals surface area contributed by atoms with Crippen LogP contribution in [0.1, 0.15) is 355 Å². The van der Waals surface area contributed by atoms with Crippen molar-refractivity contribution in [3.8, 4) is 5.75 Å². The molecule has 1 fully saturated rings. The van der Waals surface area contributed by atoms with Crippen LogP contribution in [0.3, 0.4) is 0 Å². The largest absolute Gasteiger partial charge is 0.494 e. The minimum Gasteiger partial charge on any atom is -0.494 e. The number of carbonyl (C=O) groups is 17. The number of unbranched alkanes of at least 4 members (excludes halogenated alkanes) is 11. The Morgan fingerprint density at radius 1 is 0.346 bits per heavy atom. The molecular formula is C98H159NO34. The Morgan fingerprint density at radius 2 is 0.699 bits per heavy atom. The number of rotatable bonds is 58. The van der Waals surface area contributed by atoms with Crippen LogP contribution in [-0.4, -0.2) is 210 Å². The van der Waals surface area contributed by atoms with Crippen molar-refractivity contribution in [2.24, 2.45) is 50.7 Å². The van der Waals surface area contributed by atoms with Gasteiger partial charge >= 0.3 is 95.5 Å². The first-order chi connectivity index (χ1) is 62.3. The number of nitrogens with one attached hydrogen (secondary N) is 1. The molecule has 0 spiro atoms. The zero-order valence-electron chi connectivity index (χ0n) is 82.6. The lowest BCUT2D eigenvalue weighted by atomic mass is 9.79. The van der Waals surface area contributed by atoms with Crippen molar-refractivity contribution in [1.29, 1.82) is 0 Å². The molecule has 0 saturated heterocycles. The maximum Gasteiger partial charge on any atom is 0.339 e. The summed E-state index contributed by atoms with van der Waals surface area (Å²) in [6.45, 7) is 37.2. The molecule has 0 bridgehead atoms. The highest BCUT2D eigenvalue weighted by atomic mass is 16.6. The van der Waals surface area contributed by atoms with Gasteiger partial charge in [0.25, 0.3) is 0 Å². The van der Waals surface area contributed by atoms with Gasteiger partial charge in [0.2, 0.25) is 5.91 Å². The third-order valence-corrected chi connectivity index (χ3v) is 22.1. The van der Waals surface area contributed by atoms with E-state index in [4.69, 9.17) is 78.4 Å². The molecule has 2 aromatic carbocycles. The Bertz CT molecular complexity index is 3770. The molecule has 1 amide bonds. The fraction of sp³-hybridized carbons (Fsp3) is 0.704. The van der Waals surface area contributed by atoms with Crippen molar-refractivity contribution in [2.45, 2.75) is 324 Å². The Labute approximate surface area is 786 Å². The van der Waals surface area contributed by atoms with Gasteiger partial charge in [-0.3, -0.25) is 67.1 Å². The smallest absolute Gasteiger partial charge is 0.339 e. The average Bonchev–Trinajstić information content (AvgIpc) is 0.849. The quantitative estimate of drug-likeness (QED) is 0.0173. The lowest BCUT2D eigenvalue weighted by Crippen LogP contribution is -2.36. The highest BCUT2D eigenvalue weighted by molar-refractivity contribution is 6.02. The van der Waals surface area contributed by atoms with Crippen molar-refractivity contribution in [1.82, 2.24) is 5.32 Å². The summed E-state index contributed by atoms with van der Waals surface area (Å²) in [5.41, 5.74) is -2.26. The van der Waals surface area contributed by atoms with Crippen LogP contribution in [0.5, 0.6) is 5.75 Å². The monoisotopic (exact) mass is 1890 g/mol. The second kappa shape index (κ2) is 73.7. The SMILES string of the molecule is CCC(C)(C)C(=O)NCCCCCCCCCCCC(=O)O.CCC(C)(C)C(=O)OCCC(=O)O.CCC(C)(C)C(=O)OCCCCOc1ccc(C(=O)O)cc1.CCC(C)(C)C(=O)OCCOC(=O)C1CCCCC1C(=O)O.CCC(C)(C)C(=O)OCCOC(=O)c1ccccc1C(=O)O.CCC(C)C(=O)OCCCCCC(=O)O.CCC(C)C(=O)OCCOC(=O)CCC(=O)O. The van der Waals surface area contributed by atoms with Gasteiger partial charge in [-0.05, 0) is 195 Å². The molecule has 0 aliphatic heterocycles. The fourth-order valence-electron chi connectivity index (χ4n) is 10.3. The van der Waals surface area contributed by atoms with E-state index in [1.54, 1.807) is 66.7 Å². The van der Waals surface area contributed by atoms with E-state index in [-0.39, 0.29) is 148 Å². The molecule has 2 aromatic rings. The lowest BCUT2D eigenvalue weighted by molar-refractivity contribution is -0.164. The van der Waals surface area contributed by atoms with Crippen LogP contribution in [0.25, 0.3) is 0 Å². The van der Waals surface area contributed by atoms with Gasteiger partial charge in [-0.25, -0.2) is 14.4 Å². The number of aromatic carboxylic acids is 2. The Kier molecular flexibility index (Phi) is 71.2. The summed E-state index contributed by atoms with van der Waals surface area (Å²) in [6.07, 6.45) is 21.5. The van der Waals surface area contributed by atoms with E-state index >= 15 is 0 Å². The number of amides is 1. The zero-order valence-corrected chi connectivity index (χ0v) is 82.6. The Balaban J connectivity index is -0.000000736. The third kappa shape index (κ3) is 64.7. The number of benzene rings is 2. The molecule has 133 heavy (non-hydrogen) atoms. The maximum atomic E-state index is 12.0. The Morgan fingerprint density at radius 3 is 1.12 bits per heavy atom. The summed E-state index contributed by atoms with van der Waals surface area (Å²) >= 11 is 0. The summed E-state index contributed by atoms with van der Waals surface area (Å²) in [4.78, 5) is 189. The average molecular weight is 1900 g/mol. The van der Waals surface area contributed by atoms with E-state index in [1.165, 1.54) is 62.4 Å².